The van der Waals surface area contributed by atoms with E-state index in [0.717, 1.165) is 23.2 Å². The molecule has 0 atom stereocenters. The largest absolute Gasteiger partial charge is 0.441 e. The van der Waals surface area contributed by atoms with E-state index in [1.165, 1.54) is 18.2 Å². The first-order valence-corrected chi connectivity index (χ1v) is 8.22. The third-order valence-corrected chi connectivity index (χ3v) is 3.70. The number of nitrogens with zero attached hydrogens (tertiary/aromatic N) is 1. The second-order valence-electron chi connectivity index (χ2n) is 5.72. The average molecular weight is 386 g/mol. The van der Waals surface area contributed by atoms with Crippen molar-refractivity contribution in [1.29, 1.82) is 0 Å². The topological polar surface area (TPSA) is 76.0 Å². The predicted octanol–water partition coefficient (Wildman–Crippen LogP) is 5.16. The van der Waals surface area contributed by atoms with Crippen LogP contribution in [0, 0.1) is 0 Å². The van der Waals surface area contributed by atoms with Crippen molar-refractivity contribution < 1.29 is 17.9 Å². The van der Waals surface area contributed by atoms with Crippen molar-refractivity contribution in [2.75, 3.05) is 5.32 Å². The van der Waals surface area contributed by atoms with Gasteiger partial charge in [-0.2, -0.15) is 13.2 Å². The number of anilines is 2. The number of hydrogen-bond donors (Lipinski definition) is 3. The summed E-state index contributed by atoms with van der Waals surface area (Å²) >= 11 is 0. The highest BCUT2D eigenvalue weighted by Crippen LogP contribution is 2.29. The molecular weight excluding hydrogens is 369 g/mol. The van der Waals surface area contributed by atoms with Gasteiger partial charge in [0.15, 0.2) is 0 Å². The highest BCUT2D eigenvalue weighted by atomic mass is 19.4. The fourth-order valence-electron chi connectivity index (χ4n) is 2.42. The smallest absolute Gasteiger partial charge is 0.421 e. The molecule has 1 aromatic heterocycles. The molecule has 0 spiro atoms. The molecule has 0 aliphatic carbocycles. The van der Waals surface area contributed by atoms with Crippen LogP contribution < -0.4 is 15.8 Å². The van der Waals surface area contributed by atoms with Crippen LogP contribution in [0.25, 0.3) is 11.0 Å². The summed E-state index contributed by atoms with van der Waals surface area (Å²) in [5.41, 5.74) is 6.79. The SMILES string of the molecule is C=C/C=C\C(=C(/N)Oc1ccc(Nc2nc3ccccc3[nH]2)cc1)C(F)(F)F. The minimum absolute atomic E-state index is 0.168. The van der Waals surface area contributed by atoms with Crippen LogP contribution in [0.15, 0.2) is 84.8 Å². The highest BCUT2D eigenvalue weighted by molar-refractivity contribution is 5.78. The summed E-state index contributed by atoms with van der Waals surface area (Å²) in [6.07, 6.45) is -1.48. The quantitative estimate of drug-likeness (QED) is 0.404. The Labute approximate surface area is 159 Å². The number of halogens is 3. The van der Waals surface area contributed by atoms with Gasteiger partial charge in [-0.3, -0.25) is 0 Å². The van der Waals surface area contributed by atoms with E-state index in [-0.39, 0.29) is 5.75 Å². The first kappa shape index (κ1) is 19.1. The van der Waals surface area contributed by atoms with Crippen molar-refractivity contribution >= 4 is 22.7 Å². The average Bonchev–Trinajstić information content (AvgIpc) is 3.05. The lowest BCUT2D eigenvalue weighted by Gasteiger charge is -2.13. The molecule has 8 heteroatoms. The molecule has 0 saturated carbocycles. The first-order valence-electron chi connectivity index (χ1n) is 8.22. The summed E-state index contributed by atoms with van der Waals surface area (Å²) < 4.78 is 44.4. The Kier molecular flexibility index (Phi) is 5.39. The number of imidazole rings is 1. The van der Waals surface area contributed by atoms with Gasteiger partial charge in [0.1, 0.15) is 11.3 Å². The summed E-state index contributed by atoms with van der Waals surface area (Å²) in [5.74, 6) is -0.0341. The summed E-state index contributed by atoms with van der Waals surface area (Å²) in [5, 5.41) is 3.08. The van der Waals surface area contributed by atoms with Crippen LogP contribution in [-0.4, -0.2) is 16.1 Å². The van der Waals surface area contributed by atoms with Gasteiger partial charge in [0.25, 0.3) is 0 Å². The number of aromatic amines is 1. The van der Waals surface area contributed by atoms with Gasteiger partial charge >= 0.3 is 6.18 Å². The lowest BCUT2D eigenvalue weighted by Crippen LogP contribution is -2.19. The Hall–Kier alpha value is -3.68. The Balaban J connectivity index is 1.75. The molecule has 2 aromatic carbocycles. The van der Waals surface area contributed by atoms with Gasteiger partial charge in [-0.05, 0) is 42.5 Å². The second-order valence-corrected chi connectivity index (χ2v) is 5.72. The van der Waals surface area contributed by atoms with E-state index < -0.39 is 17.6 Å². The monoisotopic (exact) mass is 386 g/mol. The third kappa shape index (κ3) is 4.53. The molecule has 1 heterocycles. The standard InChI is InChI=1S/C20H17F3N4O/c1-2-3-6-15(20(21,22)23)18(24)28-14-11-9-13(10-12-14)25-19-26-16-7-4-5-8-17(16)27-19/h2-12H,1,24H2,(H2,25,26,27)/b6-3-,18-15-. The van der Waals surface area contributed by atoms with E-state index in [2.05, 4.69) is 21.9 Å². The van der Waals surface area contributed by atoms with Crippen LogP contribution in [-0.2, 0) is 0 Å². The lowest BCUT2D eigenvalue weighted by atomic mass is 10.2. The van der Waals surface area contributed by atoms with E-state index in [1.54, 1.807) is 12.1 Å². The zero-order valence-electron chi connectivity index (χ0n) is 14.6. The minimum Gasteiger partial charge on any atom is -0.441 e. The van der Waals surface area contributed by atoms with Crippen molar-refractivity contribution in [3.8, 4) is 5.75 Å². The van der Waals surface area contributed by atoms with Gasteiger partial charge in [-0.25, -0.2) is 4.98 Å². The van der Waals surface area contributed by atoms with Crippen LogP contribution >= 0.6 is 0 Å². The van der Waals surface area contributed by atoms with Crippen LogP contribution in [0.1, 0.15) is 0 Å². The number of hydrogen-bond acceptors (Lipinski definition) is 4. The molecule has 4 N–H and O–H groups in total. The number of para-hydroxylation sites is 2. The molecule has 28 heavy (non-hydrogen) atoms. The number of fused-ring (bicyclic) bond motifs is 1. The molecule has 5 nitrogen and oxygen atoms in total. The molecule has 0 unspecified atom stereocenters. The Morgan fingerprint density at radius 3 is 2.50 bits per heavy atom. The molecule has 3 rings (SSSR count). The maximum atomic E-state index is 13.1. The minimum atomic E-state index is -4.65. The Morgan fingerprint density at radius 1 is 1.14 bits per heavy atom. The first-order chi connectivity index (χ1) is 13.4. The summed E-state index contributed by atoms with van der Waals surface area (Å²) in [6, 6.07) is 13.8. The van der Waals surface area contributed by atoms with Crippen LogP contribution in [0.5, 0.6) is 5.75 Å². The fraction of sp³-hybridized carbons (Fsp3) is 0.0500. The number of rotatable bonds is 6. The summed E-state index contributed by atoms with van der Waals surface area (Å²) in [4.78, 5) is 7.51. The number of aromatic nitrogens is 2. The number of H-pyrrole nitrogens is 1. The van der Waals surface area contributed by atoms with E-state index in [9.17, 15) is 13.2 Å². The van der Waals surface area contributed by atoms with Gasteiger partial charge in [-0.1, -0.05) is 30.9 Å². The predicted molar refractivity (Wildman–Crippen MR) is 103 cm³/mol. The molecule has 0 bridgehead atoms. The van der Waals surface area contributed by atoms with Crippen LogP contribution in [0.4, 0.5) is 24.8 Å². The number of benzene rings is 2. The van der Waals surface area contributed by atoms with Crippen molar-refractivity contribution in [1.82, 2.24) is 9.97 Å². The molecule has 0 amide bonds. The van der Waals surface area contributed by atoms with Crippen LogP contribution in [0.3, 0.4) is 0 Å². The van der Waals surface area contributed by atoms with Gasteiger partial charge in [-0.15, -0.1) is 0 Å². The zero-order chi connectivity index (χ0) is 20.1. The third-order valence-electron chi connectivity index (χ3n) is 3.70. The molecule has 0 saturated heterocycles. The van der Waals surface area contributed by atoms with Gasteiger partial charge in [0.2, 0.25) is 11.8 Å². The molecule has 144 valence electrons. The highest BCUT2D eigenvalue weighted by Gasteiger charge is 2.35. The van der Waals surface area contributed by atoms with Crippen molar-refractivity contribution in [2.24, 2.45) is 5.73 Å². The van der Waals surface area contributed by atoms with E-state index in [4.69, 9.17) is 10.5 Å². The molecule has 0 fully saturated rings. The maximum Gasteiger partial charge on any atom is 0.421 e. The Bertz CT molecular complexity index is 1000. The summed E-state index contributed by atoms with van der Waals surface area (Å²) in [6.45, 7) is 3.34. The number of nitrogens with one attached hydrogen (secondary N) is 2. The van der Waals surface area contributed by atoms with Gasteiger partial charge in [0.05, 0.1) is 11.0 Å². The number of alkyl halides is 3. The second kappa shape index (κ2) is 7.91. The Morgan fingerprint density at radius 2 is 1.86 bits per heavy atom. The van der Waals surface area contributed by atoms with E-state index >= 15 is 0 Å². The summed E-state index contributed by atoms with van der Waals surface area (Å²) in [7, 11) is 0. The number of allylic oxidation sites excluding steroid dienone is 4. The van der Waals surface area contributed by atoms with Gasteiger partial charge in [0, 0.05) is 5.69 Å². The molecule has 0 aliphatic heterocycles. The number of nitrogens with two attached hydrogens (primary N) is 1. The van der Waals surface area contributed by atoms with Crippen molar-refractivity contribution in [3.63, 3.8) is 0 Å². The lowest BCUT2D eigenvalue weighted by molar-refractivity contribution is -0.0906. The van der Waals surface area contributed by atoms with Crippen LogP contribution in [0.2, 0.25) is 0 Å². The van der Waals surface area contributed by atoms with Crippen molar-refractivity contribution in [2.45, 2.75) is 6.18 Å². The number of ether oxygens (including phenoxy) is 1. The fourth-order valence-corrected chi connectivity index (χ4v) is 2.42. The van der Waals surface area contributed by atoms with Crippen molar-refractivity contribution in [3.05, 3.63) is 84.8 Å². The maximum absolute atomic E-state index is 13.1. The molecule has 0 aliphatic rings. The van der Waals surface area contributed by atoms with E-state index in [1.807, 2.05) is 24.3 Å². The molecule has 0 radical (unpaired) electrons. The zero-order valence-corrected chi connectivity index (χ0v) is 14.6. The normalized spacial score (nSPS) is 12.8. The van der Waals surface area contributed by atoms with E-state index in [0.29, 0.717) is 11.6 Å². The van der Waals surface area contributed by atoms with Gasteiger partial charge < -0.3 is 20.8 Å². The molecule has 3 aromatic rings. The molecular formula is C20H17F3N4O.